The Hall–Kier alpha value is -2.75. The first-order valence-corrected chi connectivity index (χ1v) is 9.35. The largest absolute Gasteiger partial charge is 0.361 e. The molecule has 3 aromatic rings. The van der Waals surface area contributed by atoms with Crippen LogP contribution in [-0.4, -0.2) is 62.9 Å². The molecular weight excluding hydrogens is 352 g/mol. The molecule has 1 aliphatic heterocycles. The highest BCUT2D eigenvalue weighted by Gasteiger charge is 2.27. The first kappa shape index (κ1) is 16.7. The molecule has 0 atom stereocenters. The Morgan fingerprint density at radius 2 is 2.08 bits per heavy atom. The summed E-state index contributed by atoms with van der Waals surface area (Å²) < 4.78 is 1.82. The maximum absolute atomic E-state index is 12.3. The molecule has 10 heteroatoms. The highest BCUT2D eigenvalue weighted by atomic mass is 32.1. The third-order valence-corrected chi connectivity index (χ3v) is 5.21. The first-order valence-electron chi connectivity index (χ1n) is 8.47. The molecule has 9 nitrogen and oxygen atoms in total. The van der Waals surface area contributed by atoms with Crippen molar-refractivity contribution >= 4 is 34.0 Å². The van der Waals surface area contributed by atoms with Gasteiger partial charge in [-0.05, 0) is 25.0 Å². The summed E-state index contributed by atoms with van der Waals surface area (Å²) in [5.41, 5.74) is 0.745. The number of rotatable bonds is 3. The lowest BCUT2D eigenvalue weighted by Crippen LogP contribution is -2.40. The zero-order valence-electron chi connectivity index (χ0n) is 14.7. The predicted octanol–water partition coefficient (Wildman–Crippen LogP) is 2.06. The molecule has 0 aliphatic carbocycles. The van der Waals surface area contributed by atoms with Crippen LogP contribution in [0.1, 0.15) is 24.6 Å². The van der Waals surface area contributed by atoms with Gasteiger partial charge >= 0.3 is 6.03 Å². The number of nitrogens with zero attached hydrogens (tertiary/aromatic N) is 7. The summed E-state index contributed by atoms with van der Waals surface area (Å²) in [6.45, 7) is 1.34. The fourth-order valence-corrected chi connectivity index (χ4v) is 3.60. The number of thiazole rings is 1. The molecule has 0 saturated carbocycles. The number of hydrogen-bond donors (Lipinski definition) is 1. The fraction of sp³-hybridized carbons (Fsp3) is 0.438. The lowest BCUT2D eigenvalue weighted by atomic mass is 9.96. The summed E-state index contributed by atoms with van der Waals surface area (Å²) in [5.74, 6) is 1.96. The maximum atomic E-state index is 12.3. The molecule has 1 fully saturated rings. The maximum Gasteiger partial charge on any atom is 0.323 e. The van der Waals surface area contributed by atoms with Crippen LogP contribution >= 0.6 is 11.3 Å². The van der Waals surface area contributed by atoms with Crippen molar-refractivity contribution in [1.82, 2.24) is 29.7 Å². The van der Waals surface area contributed by atoms with Crippen LogP contribution in [0.25, 0.3) is 5.65 Å². The van der Waals surface area contributed by atoms with Crippen LogP contribution in [-0.2, 0) is 0 Å². The summed E-state index contributed by atoms with van der Waals surface area (Å²) in [6, 6.07) is 3.76. The van der Waals surface area contributed by atoms with E-state index in [1.54, 1.807) is 6.20 Å². The summed E-state index contributed by atoms with van der Waals surface area (Å²) in [5, 5.41) is 18.5. The molecule has 1 aliphatic rings. The molecule has 2 amide bonds. The van der Waals surface area contributed by atoms with Gasteiger partial charge in [0.15, 0.2) is 16.6 Å². The molecule has 1 saturated heterocycles. The van der Waals surface area contributed by atoms with Crippen LogP contribution in [0.4, 0.5) is 15.7 Å². The molecule has 26 heavy (non-hydrogen) atoms. The van der Waals surface area contributed by atoms with Crippen LogP contribution in [0.15, 0.2) is 23.7 Å². The Morgan fingerprint density at radius 3 is 2.77 bits per heavy atom. The van der Waals surface area contributed by atoms with Gasteiger partial charge in [-0.3, -0.25) is 5.32 Å². The number of piperidine rings is 1. The minimum absolute atomic E-state index is 0.0995. The molecule has 4 heterocycles. The number of likely N-dealkylation sites (tertiary alicyclic amines) is 1. The molecule has 0 bridgehead atoms. The molecule has 136 valence electrons. The van der Waals surface area contributed by atoms with E-state index in [1.807, 2.05) is 45.9 Å². The van der Waals surface area contributed by atoms with Crippen molar-refractivity contribution in [2.45, 2.75) is 18.8 Å². The van der Waals surface area contributed by atoms with Gasteiger partial charge in [0.25, 0.3) is 0 Å². The Labute approximate surface area is 154 Å². The summed E-state index contributed by atoms with van der Waals surface area (Å²) in [6.07, 6.45) is 3.35. The highest BCUT2D eigenvalue weighted by molar-refractivity contribution is 7.13. The third kappa shape index (κ3) is 3.19. The number of carbonyl (C=O) groups excluding carboxylic acids is 1. The van der Waals surface area contributed by atoms with Crippen molar-refractivity contribution in [3.63, 3.8) is 0 Å². The molecule has 0 unspecified atom stereocenters. The highest BCUT2D eigenvalue weighted by Crippen LogP contribution is 2.27. The molecule has 0 radical (unpaired) electrons. The van der Waals surface area contributed by atoms with E-state index < -0.39 is 0 Å². The second kappa shape index (κ2) is 6.87. The van der Waals surface area contributed by atoms with Gasteiger partial charge in [0, 0.05) is 44.7 Å². The Kier molecular flexibility index (Phi) is 4.41. The number of nitrogens with one attached hydrogen (secondary N) is 1. The zero-order valence-corrected chi connectivity index (χ0v) is 15.5. The number of fused-ring (bicyclic) bond motifs is 1. The molecule has 1 N–H and O–H groups in total. The zero-order chi connectivity index (χ0) is 18.1. The summed E-state index contributed by atoms with van der Waals surface area (Å²) in [4.78, 5) is 20.2. The lowest BCUT2D eigenvalue weighted by molar-refractivity contribution is 0.193. The number of anilines is 2. The standard InChI is InChI=1S/C16H20N8OS/c1-22(2)13-4-3-12-19-20-14(24(12)21-13)11-5-8-23(9-6-11)16(25)18-15-17-7-10-26-15/h3-4,7,10-11H,5-6,8-9H2,1-2H3,(H,17,18,25). The van der Waals surface area contributed by atoms with Crippen LogP contribution < -0.4 is 10.2 Å². The summed E-state index contributed by atoms with van der Waals surface area (Å²) in [7, 11) is 3.91. The van der Waals surface area contributed by atoms with E-state index in [0.717, 1.165) is 30.1 Å². The Balaban J connectivity index is 1.45. The minimum Gasteiger partial charge on any atom is -0.361 e. The predicted molar refractivity (Wildman–Crippen MR) is 99.8 cm³/mol. The van der Waals surface area contributed by atoms with E-state index in [-0.39, 0.29) is 11.9 Å². The average Bonchev–Trinajstić information content (AvgIpc) is 3.30. The smallest absolute Gasteiger partial charge is 0.323 e. The van der Waals surface area contributed by atoms with Gasteiger partial charge in [-0.25, -0.2) is 9.78 Å². The number of urea groups is 1. The van der Waals surface area contributed by atoms with Crippen molar-refractivity contribution in [1.29, 1.82) is 0 Å². The number of aromatic nitrogens is 5. The van der Waals surface area contributed by atoms with Crippen LogP contribution in [0, 0.1) is 0 Å². The fourth-order valence-electron chi connectivity index (χ4n) is 3.09. The monoisotopic (exact) mass is 372 g/mol. The van der Waals surface area contributed by atoms with E-state index in [4.69, 9.17) is 0 Å². The quantitative estimate of drug-likeness (QED) is 0.757. The number of amides is 2. The van der Waals surface area contributed by atoms with E-state index >= 15 is 0 Å². The topological polar surface area (TPSA) is 91.5 Å². The molecular formula is C16H20N8OS. The first-order chi connectivity index (χ1) is 12.6. The second-order valence-corrected chi connectivity index (χ2v) is 7.34. The van der Waals surface area contributed by atoms with Crippen molar-refractivity contribution in [2.24, 2.45) is 0 Å². The lowest BCUT2D eigenvalue weighted by Gasteiger charge is -2.30. The molecule has 0 spiro atoms. The van der Waals surface area contributed by atoms with Crippen LogP contribution in [0.2, 0.25) is 0 Å². The molecule has 3 aromatic heterocycles. The van der Waals surface area contributed by atoms with Crippen molar-refractivity contribution < 1.29 is 4.79 Å². The second-order valence-electron chi connectivity index (χ2n) is 6.44. The molecule has 0 aromatic carbocycles. The average molecular weight is 372 g/mol. The number of carbonyl (C=O) groups is 1. The van der Waals surface area contributed by atoms with Crippen molar-refractivity contribution in [3.05, 3.63) is 29.5 Å². The van der Waals surface area contributed by atoms with Gasteiger partial charge < -0.3 is 9.80 Å². The van der Waals surface area contributed by atoms with Gasteiger partial charge in [0.05, 0.1) is 0 Å². The van der Waals surface area contributed by atoms with Gasteiger partial charge in [-0.1, -0.05) is 0 Å². The van der Waals surface area contributed by atoms with Gasteiger partial charge in [-0.15, -0.1) is 26.6 Å². The van der Waals surface area contributed by atoms with E-state index in [0.29, 0.717) is 18.2 Å². The van der Waals surface area contributed by atoms with E-state index in [1.165, 1.54) is 11.3 Å². The van der Waals surface area contributed by atoms with E-state index in [2.05, 4.69) is 25.6 Å². The third-order valence-electron chi connectivity index (χ3n) is 4.52. The SMILES string of the molecule is CN(C)c1ccc2nnc(C3CCN(C(=O)Nc4nccs4)CC3)n2n1. The van der Waals surface area contributed by atoms with E-state index in [9.17, 15) is 4.79 Å². The van der Waals surface area contributed by atoms with Gasteiger partial charge in [0.1, 0.15) is 5.82 Å². The minimum atomic E-state index is -0.0995. The normalized spacial score (nSPS) is 15.4. The van der Waals surface area contributed by atoms with Crippen LogP contribution in [0.3, 0.4) is 0 Å². The van der Waals surface area contributed by atoms with Crippen LogP contribution in [0.5, 0.6) is 0 Å². The molecule has 4 rings (SSSR count). The Morgan fingerprint density at radius 1 is 1.27 bits per heavy atom. The Bertz CT molecular complexity index is 898. The van der Waals surface area contributed by atoms with Crippen molar-refractivity contribution in [2.75, 3.05) is 37.4 Å². The van der Waals surface area contributed by atoms with Gasteiger partial charge in [-0.2, -0.15) is 4.52 Å². The number of hydrogen-bond acceptors (Lipinski definition) is 7. The summed E-state index contributed by atoms with van der Waals surface area (Å²) >= 11 is 1.42. The van der Waals surface area contributed by atoms with Gasteiger partial charge in [0.2, 0.25) is 0 Å². The van der Waals surface area contributed by atoms with Crippen molar-refractivity contribution in [3.8, 4) is 0 Å².